The van der Waals surface area contributed by atoms with Gasteiger partial charge in [-0.05, 0) is 35.4 Å². The van der Waals surface area contributed by atoms with E-state index in [4.69, 9.17) is 10.5 Å². The Bertz CT molecular complexity index is 579. The first-order valence-electron chi connectivity index (χ1n) is 5.49. The van der Waals surface area contributed by atoms with Gasteiger partial charge in [0, 0.05) is 0 Å². The summed E-state index contributed by atoms with van der Waals surface area (Å²) in [6, 6.07) is 14.0. The van der Waals surface area contributed by atoms with Crippen LogP contribution in [0, 0.1) is 23.0 Å². The van der Waals surface area contributed by atoms with Crippen LogP contribution in [-0.4, -0.2) is 0 Å². The largest absolute Gasteiger partial charge is 0.338 e. The Morgan fingerprint density at radius 3 is 1.25 bits per heavy atom. The quantitative estimate of drug-likeness (QED) is 0.471. The van der Waals surface area contributed by atoms with Crippen molar-refractivity contribution in [2.24, 2.45) is 0 Å². The lowest BCUT2D eigenvalue weighted by Gasteiger charge is -2.04. The molecule has 0 fully saturated rings. The average molecular weight is 268 g/mol. The highest BCUT2D eigenvalue weighted by molar-refractivity contribution is 5.64. The average Bonchev–Trinajstić information content (AvgIpc) is 2.52. The van der Waals surface area contributed by atoms with E-state index in [0.717, 1.165) is 11.1 Å². The molecule has 0 aliphatic rings. The molecule has 6 nitrogen and oxygen atoms in total. The Morgan fingerprint density at radius 2 is 0.950 bits per heavy atom. The van der Waals surface area contributed by atoms with Crippen LogP contribution < -0.4 is 9.78 Å². The molecule has 0 N–H and O–H groups in total. The fraction of sp³-hybridized carbons (Fsp3) is 0. The van der Waals surface area contributed by atoms with Crippen LogP contribution in [0.25, 0.3) is 11.1 Å². The second-order valence-corrected chi connectivity index (χ2v) is 3.56. The van der Waals surface area contributed by atoms with Gasteiger partial charge in [0.15, 0.2) is 11.5 Å². The molecule has 0 amide bonds. The normalized spacial score (nSPS) is 8.90. The van der Waals surface area contributed by atoms with Crippen molar-refractivity contribution < 1.29 is 19.6 Å². The number of nitriles is 2. The van der Waals surface area contributed by atoms with E-state index < -0.39 is 0 Å². The molecule has 0 saturated heterocycles. The van der Waals surface area contributed by atoms with E-state index in [2.05, 4.69) is 19.6 Å². The zero-order chi connectivity index (χ0) is 14.2. The molecule has 6 heteroatoms. The molecular weight excluding hydrogens is 260 g/mol. The monoisotopic (exact) mass is 268 g/mol. The third-order valence-electron chi connectivity index (χ3n) is 2.39. The SMILES string of the molecule is N#COOc1ccc(-c2ccc(OOC#N)cc2)cc1. The van der Waals surface area contributed by atoms with Crippen molar-refractivity contribution in [1.82, 2.24) is 0 Å². The number of rotatable bonds is 5. The summed E-state index contributed by atoms with van der Waals surface area (Å²) in [7, 11) is 0. The number of hydrogen-bond donors (Lipinski definition) is 0. The van der Waals surface area contributed by atoms with Crippen molar-refractivity contribution in [1.29, 1.82) is 10.5 Å². The standard InChI is InChI=1S/C14H8N2O4/c15-9-17-19-13-5-1-11(2-6-13)12-3-7-14(8-4-12)20-18-10-16/h1-8H. The van der Waals surface area contributed by atoms with Crippen LogP contribution >= 0.6 is 0 Å². The lowest BCUT2D eigenvalue weighted by molar-refractivity contribution is -0.136. The van der Waals surface area contributed by atoms with Crippen LogP contribution in [0.15, 0.2) is 48.5 Å². The van der Waals surface area contributed by atoms with E-state index >= 15 is 0 Å². The number of hydrogen-bond acceptors (Lipinski definition) is 6. The minimum atomic E-state index is 0.428. The summed E-state index contributed by atoms with van der Waals surface area (Å²) in [5, 5.41) is 16.4. The Labute approximate surface area is 114 Å². The van der Waals surface area contributed by atoms with Gasteiger partial charge in [-0.15, -0.1) is 10.5 Å². The molecule has 0 bridgehead atoms. The summed E-state index contributed by atoms with van der Waals surface area (Å²) >= 11 is 0. The molecule has 0 heterocycles. The predicted molar refractivity (Wildman–Crippen MR) is 66.5 cm³/mol. The van der Waals surface area contributed by atoms with Gasteiger partial charge in [0.2, 0.25) is 0 Å². The summed E-state index contributed by atoms with van der Waals surface area (Å²) in [6.07, 6.45) is 2.83. The van der Waals surface area contributed by atoms with Crippen molar-refractivity contribution in [3.8, 4) is 35.1 Å². The number of nitrogens with zero attached hydrogens (tertiary/aromatic N) is 2. The Kier molecular flexibility index (Phi) is 4.26. The van der Waals surface area contributed by atoms with E-state index in [1.165, 1.54) is 12.5 Å². The van der Waals surface area contributed by atoms with Crippen molar-refractivity contribution >= 4 is 0 Å². The molecule has 2 aromatic carbocycles. The maximum atomic E-state index is 8.21. The molecule has 0 aromatic heterocycles. The third kappa shape index (κ3) is 3.31. The van der Waals surface area contributed by atoms with Crippen LogP contribution in [0.5, 0.6) is 11.5 Å². The van der Waals surface area contributed by atoms with Crippen LogP contribution in [-0.2, 0) is 9.78 Å². The maximum absolute atomic E-state index is 8.21. The highest BCUT2D eigenvalue weighted by Crippen LogP contribution is 2.24. The van der Waals surface area contributed by atoms with Crippen molar-refractivity contribution in [3.63, 3.8) is 0 Å². The predicted octanol–water partition coefficient (Wildman–Crippen LogP) is 2.94. The van der Waals surface area contributed by atoms with Gasteiger partial charge in [0.05, 0.1) is 0 Å². The molecule has 0 atom stereocenters. The first-order chi connectivity index (χ1) is 9.83. The summed E-state index contributed by atoms with van der Waals surface area (Å²) < 4.78 is 0. The van der Waals surface area contributed by atoms with Crippen LogP contribution in [0.2, 0.25) is 0 Å². The van der Waals surface area contributed by atoms with Gasteiger partial charge in [0.1, 0.15) is 0 Å². The molecule has 0 radical (unpaired) electrons. The van der Waals surface area contributed by atoms with Gasteiger partial charge < -0.3 is 0 Å². The van der Waals surface area contributed by atoms with Gasteiger partial charge in [-0.1, -0.05) is 24.3 Å². The lowest BCUT2D eigenvalue weighted by atomic mass is 10.1. The Hall–Kier alpha value is -3.38. The van der Waals surface area contributed by atoms with Gasteiger partial charge in [-0.2, -0.15) is 0 Å². The lowest BCUT2D eigenvalue weighted by Crippen LogP contribution is -1.90. The topological polar surface area (TPSA) is 84.5 Å². The minimum absolute atomic E-state index is 0.428. The zero-order valence-corrected chi connectivity index (χ0v) is 10.1. The summed E-state index contributed by atoms with van der Waals surface area (Å²) in [6.45, 7) is 0. The van der Waals surface area contributed by atoms with Gasteiger partial charge in [-0.25, -0.2) is 9.78 Å². The fourth-order valence-corrected chi connectivity index (χ4v) is 1.54. The van der Waals surface area contributed by atoms with Gasteiger partial charge >= 0.3 is 12.5 Å². The molecule has 0 unspecified atom stereocenters. The van der Waals surface area contributed by atoms with Crippen LogP contribution in [0.4, 0.5) is 0 Å². The summed E-state index contributed by atoms with van der Waals surface area (Å²) in [4.78, 5) is 17.7. The van der Waals surface area contributed by atoms with E-state index in [0.29, 0.717) is 11.5 Å². The van der Waals surface area contributed by atoms with E-state index in [-0.39, 0.29) is 0 Å². The van der Waals surface area contributed by atoms with E-state index in [9.17, 15) is 0 Å². The van der Waals surface area contributed by atoms with Crippen molar-refractivity contribution in [2.45, 2.75) is 0 Å². The molecule has 2 rings (SSSR count). The van der Waals surface area contributed by atoms with Crippen LogP contribution in [0.1, 0.15) is 0 Å². The van der Waals surface area contributed by atoms with Gasteiger partial charge in [-0.3, -0.25) is 9.78 Å². The molecule has 2 aromatic rings. The minimum Gasteiger partial charge on any atom is -0.279 e. The van der Waals surface area contributed by atoms with E-state index in [1.807, 2.05) is 24.3 Å². The molecule has 0 saturated carbocycles. The fourth-order valence-electron chi connectivity index (χ4n) is 1.54. The second-order valence-electron chi connectivity index (χ2n) is 3.56. The van der Waals surface area contributed by atoms with Gasteiger partial charge in [0.25, 0.3) is 0 Å². The molecular formula is C14H8N2O4. The smallest absolute Gasteiger partial charge is 0.279 e. The van der Waals surface area contributed by atoms with Crippen molar-refractivity contribution in [2.75, 3.05) is 0 Å². The summed E-state index contributed by atoms with van der Waals surface area (Å²) in [5.74, 6) is 0.857. The highest BCUT2D eigenvalue weighted by Gasteiger charge is 2.01. The number of benzene rings is 2. The first-order valence-corrected chi connectivity index (χ1v) is 5.49. The first kappa shape index (κ1) is 13.1. The zero-order valence-electron chi connectivity index (χ0n) is 10.1. The third-order valence-corrected chi connectivity index (χ3v) is 2.39. The van der Waals surface area contributed by atoms with E-state index in [1.54, 1.807) is 24.3 Å². The molecule has 0 spiro atoms. The Balaban J connectivity index is 2.08. The van der Waals surface area contributed by atoms with Crippen LogP contribution in [0.3, 0.4) is 0 Å². The molecule has 0 aliphatic heterocycles. The summed E-state index contributed by atoms with van der Waals surface area (Å²) in [5.41, 5.74) is 1.89. The molecule has 20 heavy (non-hydrogen) atoms. The second kappa shape index (κ2) is 6.53. The maximum Gasteiger partial charge on any atom is 0.338 e. The Morgan fingerprint density at radius 1 is 0.600 bits per heavy atom. The highest BCUT2D eigenvalue weighted by atomic mass is 17.2. The molecule has 98 valence electrons. The molecule has 0 aliphatic carbocycles. The van der Waals surface area contributed by atoms with Crippen molar-refractivity contribution in [3.05, 3.63) is 48.5 Å².